The number of hydrogen-bond acceptors (Lipinski definition) is 2. The van der Waals surface area contributed by atoms with Gasteiger partial charge < -0.3 is 9.84 Å². The van der Waals surface area contributed by atoms with Crippen molar-refractivity contribution in [3.63, 3.8) is 0 Å². The molecule has 1 atom stereocenters. The molecule has 0 aliphatic heterocycles. The van der Waals surface area contributed by atoms with Gasteiger partial charge >= 0.3 is 0 Å². The molecule has 0 spiro atoms. The van der Waals surface area contributed by atoms with Crippen LogP contribution in [0.15, 0.2) is 42.5 Å². The Morgan fingerprint density at radius 2 is 1.83 bits per heavy atom. The summed E-state index contributed by atoms with van der Waals surface area (Å²) in [5, 5.41) is 10.9. The molecule has 0 fully saturated rings. The monoisotopic (exact) mass is 262 g/mol. The van der Waals surface area contributed by atoms with Crippen LogP contribution in [-0.4, -0.2) is 12.2 Å². The molecular weight excluding hydrogens is 248 g/mol. The van der Waals surface area contributed by atoms with Gasteiger partial charge in [-0.2, -0.15) is 0 Å². The van der Waals surface area contributed by atoms with Crippen LogP contribution in [0.3, 0.4) is 0 Å². The number of aryl methyl sites for hydroxylation is 1. The molecule has 0 aliphatic rings. The molecule has 0 saturated carbocycles. The minimum atomic E-state index is -0.673. The quantitative estimate of drug-likeness (QED) is 0.913. The van der Waals surface area contributed by atoms with E-state index < -0.39 is 6.10 Å². The Balaban J connectivity index is 2.34. The molecule has 2 rings (SSSR count). The SMILES string of the molecule is COc1ccc(C(O)c2cccc(Cl)c2)cc1C. The van der Waals surface area contributed by atoms with Crippen LogP contribution in [0.1, 0.15) is 22.8 Å². The zero-order chi connectivity index (χ0) is 13.1. The van der Waals surface area contributed by atoms with E-state index in [9.17, 15) is 5.11 Å². The van der Waals surface area contributed by atoms with Crippen molar-refractivity contribution >= 4 is 11.6 Å². The fourth-order valence-corrected chi connectivity index (χ4v) is 2.14. The topological polar surface area (TPSA) is 29.5 Å². The fraction of sp³-hybridized carbons (Fsp3) is 0.200. The van der Waals surface area contributed by atoms with Crippen LogP contribution in [0.25, 0.3) is 0 Å². The van der Waals surface area contributed by atoms with Crippen molar-refractivity contribution in [2.45, 2.75) is 13.0 Å². The van der Waals surface area contributed by atoms with E-state index in [0.717, 1.165) is 22.4 Å². The maximum Gasteiger partial charge on any atom is 0.121 e. The highest BCUT2D eigenvalue weighted by Crippen LogP contribution is 2.27. The summed E-state index contributed by atoms with van der Waals surface area (Å²) < 4.78 is 5.20. The molecule has 0 saturated heterocycles. The average Bonchev–Trinajstić information content (AvgIpc) is 2.37. The molecule has 2 aromatic carbocycles. The van der Waals surface area contributed by atoms with Gasteiger partial charge in [0.05, 0.1) is 7.11 Å². The third kappa shape index (κ3) is 2.66. The zero-order valence-corrected chi connectivity index (χ0v) is 11.1. The van der Waals surface area contributed by atoms with E-state index in [1.165, 1.54) is 0 Å². The molecule has 1 unspecified atom stereocenters. The summed E-state index contributed by atoms with van der Waals surface area (Å²) in [6.07, 6.45) is -0.673. The van der Waals surface area contributed by atoms with Gasteiger partial charge in [0.1, 0.15) is 11.9 Å². The highest BCUT2D eigenvalue weighted by molar-refractivity contribution is 6.30. The molecule has 3 heteroatoms. The lowest BCUT2D eigenvalue weighted by atomic mass is 10.00. The molecule has 94 valence electrons. The van der Waals surface area contributed by atoms with Crippen LogP contribution >= 0.6 is 11.6 Å². The molecule has 18 heavy (non-hydrogen) atoms. The molecular formula is C15H15ClO2. The summed E-state index contributed by atoms with van der Waals surface area (Å²) in [5.74, 6) is 0.817. The minimum Gasteiger partial charge on any atom is -0.496 e. The summed E-state index contributed by atoms with van der Waals surface area (Å²) in [6.45, 7) is 1.95. The van der Waals surface area contributed by atoms with E-state index in [2.05, 4.69) is 0 Å². The Hall–Kier alpha value is -1.51. The summed E-state index contributed by atoms with van der Waals surface area (Å²) in [4.78, 5) is 0. The van der Waals surface area contributed by atoms with Gasteiger partial charge in [-0.3, -0.25) is 0 Å². The van der Waals surface area contributed by atoms with E-state index in [0.29, 0.717) is 5.02 Å². The van der Waals surface area contributed by atoms with E-state index in [1.807, 2.05) is 37.3 Å². The smallest absolute Gasteiger partial charge is 0.121 e. The third-order valence-corrected chi connectivity index (χ3v) is 3.13. The van der Waals surface area contributed by atoms with Crippen LogP contribution in [-0.2, 0) is 0 Å². The first-order chi connectivity index (χ1) is 8.61. The number of ether oxygens (including phenoxy) is 1. The van der Waals surface area contributed by atoms with Crippen molar-refractivity contribution in [2.75, 3.05) is 7.11 Å². The Bertz CT molecular complexity index is 552. The minimum absolute atomic E-state index is 0.622. The normalized spacial score (nSPS) is 12.2. The van der Waals surface area contributed by atoms with Gasteiger partial charge in [-0.1, -0.05) is 29.8 Å². The van der Waals surface area contributed by atoms with Crippen molar-refractivity contribution in [1.29, 1.82) is 0 Å². The molecule has 0 bridgehead atoms. The van der Waals surface area contributed by atoms with Crippen LogP contribution in [0.2, 0.25) is 5.02 Å². The summed E-state index contributed by atoms with van der Waals surface area (Å²) >= 11 is 5.92. The largest absolute Gasteiger partial charge is 0.496 e. The first kappa shape index (κ1) is 12.9. The second-order valence-corrected chi connectivity index (χ2v) is 4.62. The summed E-state index contributed by atoms with van der Waals surface area (Å²) in [5.41, 5.74) is 2.61. The van der Waals surface area contributed by atoms with E-state index in [-0.39, 0.29) is 0 Å². The molecule has 0 radical (unpaired) electrons. The van der Waals surface area contributed by atoms with Crippen molar-refractivity contribution in [2.24, 2.45) is 0 Å². The molecule has 0 aromatic heterocycles. The second-order valence-electron chi connectivity index (χ2n) is 4.19. The van der Waals surface area contributed by atoms with Crippen molar-refractivity contribution in [3.05, 3.63) is 64.2 Å². The van der Waals surface area contributed by atoms with E-state index in [4.69, 9.17) is 16.3 Å². The number of aliphatic hydroxyl groups is 1. The van der Waals surface area contributed by atoms with Gasteiger partial charge in [0.15, 0.2) is 0 Å². The molecule has 2 aromatic rings. The summed E-state index contributed by atoms with van der Waals surface area (Å²) in [7, 11) is 1.63. The fourth-order valence-electron chi connectivity index (χ4n) is 1.94. The van der Waals surface area contributed by atoms with Gasteiger partial charge in [-0.15, -0.1) is 0 Å². The maximum absolute atomic E-state index is 10.3. The van der Waals surface area contributed by atoms with E-state index >= 15 is 0 Å². The predicted octanol–water partition coefficient (Wildman–Crippen LogP) is 3.74. The molecule has 0 heterocycles. The second kappa shape index (κ2) is 5.42. The van der Waals surface area contributed by atoms with Crippen LogP contribution in [0, 0.1) is 6.92 Å². The molecule has 1 N–H and O–H groups in total. The number of hydrogen-bond donors (Lipinski definition) is 1. The molecule has 2 nitrogen and oxygen atoms in total. The Kier molecular flexibility index (Phi) is 3.90. The standard InChI is InChI=1S/C15H15ClO2/c1-10-8-12(6-7-14(10)18-2)15(17)11-4-3-5-13(16)9-11/h3-9,15,17H,1-2H3. The lowest BCUT2D eigenvalue weighted by Gasteiger charge is -2.14. The van der Waals surface area contributed by atoms with Crippen LogP contribution in [0.4, 0.5) is 0 Å². The highest BCUT2D eigenvalue weighted by atomic mass is 35.5. The number of rotatable bonds is 3. The molecule has 0 aliphatic carbocycles. The Labute approximate surface area is 112 Å². The van der Waals surface area contributed by atoms with Crippen LogP contribution < -0.4 is 4.74 Å². The van der Waals surface area contributed by atoms with Crippen molar-refractivity contribution in [1.82, 2.24) is 0 Å². The van der Waals surface area contributed by atoms with Gasteiger partial charge in [0, 0.05) is 5.02 Å². The van der Waals surface area contributed by atoms with Crippen molar-refractivity contribution in [3.8, 4) is 5.75 Å². The Morgan fingerprint density at radius 1 is 1.11 bits per heavy atom. The first-order valence-electron chi connectivity index (χ1n) is 5.70. The number of halogens is 1. The summed E-state index contributed by atoms with van der Waals surface area (Å²) in [6, 6.07) is 12.9. The maximum atomic E-state index is 10.3. The van der Waals surface area contributed by atoms with Crippen LogP contribution in [0.5, 0.6) is 5.75 Å². The third-order valence-electron chi connectivity index (χ3n) is 2.90. The van der Waals surface area contributed by atoms with E-state index in [1.54, 1.807) is 19.2 Å². The lowest BCUT2D eigenvalue weighted by molar-refractivity contribution is 0.220. The van der Waals surface area contributed by atoms with Gasteiger partial charge in [-0.05, 0) is 47.9 Å². The average molecular weight is 263 g/mol. The van der Waals surface area contributed by atoms with Crippen molar-refractivity contribution < 1.29 is 9.84 Å². The first-order valence-corrected chi connectivity index (χ1v) is 6.07. The molecule has 0 amide bonds. The zero-order valence-electron chi connectivity index (χ0n) is 10.4. The Morgan fingerprint density at radius 3 is 2.44 bits per heavy atom. The van der Waals surface area contributed by atoms with Gasteiger partial charge in [0.2, 0.25) is 0 Å². The van der Waals surface area contributed by atoms with Gasteiger partial charge in [0.25, 0.3) is 0 Å². The number of methoxy groups -OCH3 is 1. The predicted molar refractivity (Wildman–Crippen MR) is 73.2 cm³/mol. The van der Waals surface area contributed by atoms with Gasteiger partial charge in [-0.25, -0.2) is 0 Å². The lowest BCUT2D eigenvalue weighted by Crippen LogP contribution is -2.00. The number of benzene rings is 2. The number of aliphatic hydroxyl groups excluding tert-OH is 1. The highest BCUT2D eigenvalue weighted by Gasteiger charge is 2.12.